The van der Waals surface area contributed by atoms with Gasteiger partial charge in [0.2, 0.25) is 0 Å². The Morgan fingerprint density at radius 1 is 1.44 bits per heavy atom. The Labute approximate surface area is 105 Å². The fourth-order valence-electron chi connectivity index (χ4n) is 1.71. The molecule has 1 rings (SSSR count). The van der Waals surface area contributed by atoms with Crippen molar-refractivity contribution in [2.24, 2.45) is 0 Å². The zero-order chi connectivity index (χ0) is 13.8. The van der Waals surface area contributed by atoms with Gasteiger partial charge in [-0.2, -0.15) is 0 Å². The smallest absolute Gasteiger partial charge is 0.310 e. The number of benzene rings is 1. The summed E-state index contributed by atoms with van der Waals surface area (Å²) >= 11 is 0. The summed E-state index contributed by atoms with van der Waals surface area (Å²) in [6.07, 6.45) is 1.52. The van der Waals surface area contributed by atoms with Gasteiger partial charge in [0.15, 0.2) is 0 Å². The number of hydrogen-bond donors (Lipinski definition) is 1. The highest BCUT2D eigenvalue weighted by Crippen LogP contribution is 2.22. The molecule has 6 heteroatoms. The number of carboxylic acids is 1. The second-order valence-electron chi connectivity index (χ2n) is 4.22. The molecule has 1 unspecified atom stereocenters. The highest BCUT2D eigenvalue weighted by molar-refractivity contribution is 7.90. The van der Waals surface area contributed by atoms with Crippen LogP contribution in [0.25, 0.3) is 0 Å². The van der Waals surface area contributed by atoms with Crippen LogP contribution in [0, 0.1) is 5.82 Å². The second-order valence-corrected chi connectivity index (χ2v) is 6.48. The molecule has 0 heterocycles. The maximum Gasteiger partial charge on any atom is 0.310 e. The SMILES string of the molecule is CS(=O)(=O)CCCC(C(=O)O)c1cccc(F)c1. The molecule has 0 aliphatic rings. The van der Waals surface area contributed by atoms with Gasteiger partial charge < -0.3 is 5.11 Å². The third-order valence-electron chi connectivity index (χ3n) is 2.56. The molecule has 0 aliphatic carbocycles. The Bertz CT molecular complexity index is 525. The van der Waals surface area contributed by atoms with Crippen LogP contribution in [-0.4, -0.2) is 31.5 Å². The van der Waals surface area contributed by atoms with Crippen LogP contribution >= 0.6 is 0 Å². The summed E-state index contributed by atoms with van der Waals surface area (Å²) in [6.45, 7) is 0. The Morgan fingerprint density at radius 2 is 2.11 bits per heavy atom. The Morgan fingerprint density at radius 3 is 2.61 bits per heavy atom. The molecule has 0 fully saturated rings. The number of aliphatic carboxylic acids is 1. The topological polar surface area (TPSA) is 71.4 Å². The number of carboxylic acid groups (broad SMARTS) is 1. The Kier molecular flexibility index (Phi) is 4.84. The summed E-state index contributed by atoms with van der Waals surface area (Å²) in [5.41, 5.74) is 0.357. The quantitative estimate of drug-likeness (QED) is 0.859. The van der Waals surface area contributed by atoms with Crippen molar-refractivity contribution in [1.82, 2.24) is 0 Å². The van der Waals surface area contributed by atoms with Gasteiger partial charge in [0.25, 0.3) is 0 Å². The van der Waals surface area contributed by atoms with Crippen molar-refractivity contribution >= 4 is 15.8 Å². The molecular formula is C12H15FO4S. The largest absolute Gasteiger partial charge is 0.481 e. The first-order chi connectivity index (χ1) is 8.29. The molecule has 4 nitrogen and oxygen atoms in total. The van der Waals surface area contributed by atoms with Crippen LogP contribution in [0.5, 0.6) is 0 Å². The number of rotatable bonds is 6. The van der Waals surface area contributed by atoms with Gasteiger partial charge in [-0.1, -0.05) is 12.1 Å². The van der Waals surface area contributed by atoms with Gasteiger partial charge in [-0.25, -0.2) is 12.8 Å². The summed E-state index contributed by atoms with van der Waals surface area (Å²) in [5, 5.41) is 9.08. The molecule has 100 valence electrons. The van der Waals surface area contributed by atoms with E-state index in [2.05, 4.69) is 0 Å². The van der Waals surface area contributed by atoms with Crippen molar-refractivity contribution in [2.45, 2.75) is 18.8 Å². The summed E-state index contributed by atoms with van der Waals surface area (Å²) in [4.78, 5) is 11.1. The first-order valence-corrected chi connectivity index (χ1v) is 7.51. The van der Waals surface area contributed by atoms with Crippen LogP contribution < -0.4 is 0 Å². The van der Waals surface area contributed by atoms with Gasteiger partial charge >= 0.3 is 5.97 Å². The van der Waals surface area contributed by atoms with Gasteiger partial charge in [0.05, 0.1) is 5.92 Å². The van der Waals surface area contributed by atoms with E-state index in [1.807, 2.05) is 0 Å². The highest BCUT2D eigenvalue weighted by atomic mass is 32.2. The lowest BCUT2D eigenvalue weighted by molar-refractivity contribution is -0.139. The Hall–Kier alpha value is -1.43. The van der Waals surface area contributed by atoms with Crippen LogP contribution in [0.4, 0.5) is 4.39 Å². The number of sulfone groups is 1. The summed E-state index contributed by atoms with van der Waals surface area (Å²) < 4.78 is 34.9. The predicted molar refractivity (Wildman–Crippen MR) is 65.7 cm³/mol. The van der Waals surface area contributed by atoms with Crippen molar-refractivity contribution in [3.05, 3.63) is 35.6 Å². The molecule has 0 saturated carbocycles. The standard InChI is InChI=1S/C12H15FO4S/c1-18(16,17)7-3-6-11(12(14)15)9-4-2-5-10(13)8-9/h2,4-5,8,11H,3,6-7H2,1H3,(H,14,15). The van der Waals surface area contributed by atoms with E-state index in [1.165, 1.54) is 24.3 Å². The number of hydrogen-bond acceptors (Lipinski definition) is 3. The van der Waals surface area contributed by atoms with Gasteiger partial charge in [0.1, 0.15) is 15.7 Å². The maximum atomic E-state index is 13.0. The molecule has 0 spiro atoms. The van der Waals surface area contributed by atoms with Gasteiger partial charge in [-0.15, -0.1) is 0 Å². The van der Waals surface area contributed by atoms with Crippen LogP contribution in [0.1, 0.15) is 24.3 Å². The predicted octanol–water partition coefficient (Wildman–Crippen LogP) is 1.82. The third-order valence-corrected chi connectivity index (χ3v) is 3.59. The summed E-state index contributed by atoms with van der Waals surface area (Å²) in [7, 11) is -3.10. The molecule has 0 amide bonds. The molecule has 0 aliphatic heterocycles. The molecule has 0 aromatic heterocycles. The normalized spacial score (nSPS) is 13.2. The average Bonchev–Trinajstić information content (AvgIpc) is 2.22. The fraction of sp³-hybridized carbons (Fsp3) is 0.417. The molecule has 1 aromatic rings. The van der Waals surface area contributed by atoms with Crippen molar-refractivity contribution in [2.75, 3.05) is 12.0 Å². The molecule has 1 N–H and O–H groups in total. The molecule has 18 heavy (non-hydrogen) atoms. The van der Waals surface area contributed by atoms with Crippen molar-refractivity contribution in [3.8, 4) is 0 Å². The first-order valence-electron chi connectivity index (χ1n) is 5.45. The lowest BCUT2D eigenvalue weighted by Gasteiger charge is -2.12. The monoisotopic (exact) mass is 274 g/mol. The molecule has 1 atom stereocenters. The minimum Gasteiger partial charge on any atom is -0.481 e. The van der Waals surface area contributed by atoms with Gasteiger partial charge in [-0.05, 0) is 30.5 Å². The molecule has 0 radical (unpaired) electrons. The van der Waals surface area contributed by atoms with E-state index in [0.717, 1.165) is 6.26 Å². The average molecular weight is 274 g/mol. The van der Waals surface area contributed by atoms with E-state index < -0.39 is 27.5 Å². The molecule has 1 aromatic carbocycles. The van der Waals surface area contributed by atoms with E-state index in [4.69, 9.17) is 5.11 Å². The van der Waals surface area contributed by atoms with E-state index in [1.54, 1.807) is 0 Å². The molecular weight excluding hydrogens is 259 g/mol. The van der Waals surface area contributed by atoms with Crippen LogP contribution in [0.2, 0.25) is 0 Å². The first kappa shape index (κ1) is 14.6. The van der Waals surface area contributed by atoms with Crippen LogP contribution in [0.15, 0.2) is 24.3 Å². The minimum atomic E-state index is -3.10. The van der Waals surface area contributed by atoms with E-state index in [9.17, 15) is 17.6 Å². The lowest BCUT2D eigenvalue weighted by atomic mass is 9.95. The Balaban J connectivity index is 2.75. The zero-order valence-electron chi connectivity index (χ0n) is 9.97. The van der Waals surface area contributed by atoms with Crippen LogP contribution in [-0.2, 0) is 14.6 Å². The maximum absolute atomic E-state index is 13.0. The second kappa shape index (κ2) is 5.95. The van der Waals surface area contributed by atoms with Crippen molar-refractivity contribution in [1.29, 1.82) is 0 Å². The molecule has 0 saturated heterocycles. The highest BCUT2D eigenvalue weighted by Gasteiger charge is 2.20. The fourth-order valence-corrected chi connectivity index (χ4v) is 2.40. The van der Waals surface area contributed by atoms with E-state index in [0.29, 0.717) is 5.56 Å². The van der Waals surface area contributed by atoms with Crippen molar-refractivity contribution < 1.29 is 22.7 Å². The van der Waals surface area contributed by atoms with Gasteiger partial charge in [0, 0.05) is 12.0 Å². The lowest BCUT2D eigenvalue weighted by Crippen LogP contribution is -2.14. The third kappa shape index (κ3) is 4.83. The van der Waals surface area contributed by atoms with Gasteiger partial charge in [-0.3, -0.25) is 4.79 Å². The molecule has 0 bridgehead atoms. The zero-order valence-corrected chi connectivity index (χ0v) is 10.8. The number of halogens is 1. The summed E-state index contributed by atoms with van der Waals surface area (Å²) in [5.74, 6) is -2.51. The van der Waals surface area contributed by atoms with E-state index >= 15 is 0 Å². The summed E-state index contributed by atoms with van der Waals surface area (Å²) in [6, 6.07) is 5.37. The van der Waals surface area contributed by atoms with Crippen LogP contribution in [0.3, 0.4) is 0 Å². The minimum absolute atomic E-state index is 0.0634. The van der Waals surface area contributed by atoms with E-state index in [-0.39, 0.29) is 18.6 Å². The number of carbonyl (C=O) groups is 1. The van der Waals surface area contributed by atoms with Crippen molar-refractivity contribution in [3.63, 3.8) is 0 Å².